The van der Waals surface area contributed by atoms with E-state index in [1.165, 1.54) is 31.0 Å². The van der Waals surface area contributed by atoms with Crippen LogP contribution in [0.25, 0.3) is 0 Å². The molecular weight excluding hydrogens is 196 g/mol. The average molecular weight is 218 g/mol. The zero-order valence-corrected chi connectivity index (χ0v) is 9.89. The number of hydrogen-bond donors (Lipinski definition) is 1. The first-order valence-corrected chi connectivity index (χ1v) is 6.53. The number of thioether (sulfide) groups is 1. The second-order valence-corrected chi connectivity index (χ2v) is 5.03. The van der Waals surface area contributed by atoms with E-state index in [2.05, 4.69) is 16.7 Å². The van der Waals surface area contributed by atoms with Crippen LogP contribution in [0.4, 0.5) is 0 Å². The van der Waals surface area contributed by atoms with Crippen molar-refractivity contribution in [2.24, 2.45) is 5.73 Å². The molecule has 0 aliphatic carbocycles. The van der Waals surface area contributed by atoms with E-state index in [4.69, 9.17) is 10.5 Å². The molecule has 0 bridgehead atoms. The van der Waals surface area contributed by atoms with E-state index in [0.717, 1.165) is 19.6 Å². The van der Waals surface area contributed by atoms with E-state index in [1.807, 2.05) is 0 Å². The zero-order valence-electron chi connectivity index (χ0n) is 9.08. The van der Waals surface area contributed by atoms with Gasteiger partial charge in [-0.05, 0) is 25.1 Å². The third-order valence-corrected chi connectivity index (χ3v) is 3.55. The third-order valence-electron chi connectivity index (χ3n) is 2.50. The maximum absolute atomic E-state index is 6.01. The topological polar surface area (TPSA) is 38.5 Å². The standard InChI is InChI=1S/C10H22N2OS/c1-13-6-3-10(11)9-12-4-2-7-14-8-5-12/h10H,2-9,11H2,1H3. The quantitative estimate of drug-likeness (QED) is 0.740. The lowest BCUT2D eigenvalue weighted by Crippen LogP contribution is -2.39. The number of hydrogen-bond acceptors (Lipinski definition) is 4. The Hall–Kier alpha value is 0.230. The predicted molar refractivity (Wildman–Crippen MR) is 62.9 cm³/mol. The summed E-state index contributed by atoms with van der Waals surface area (Å²) in [6.07, 6.45) is 2.28. The van der Waals surface area contributed by atoms with E-state index in [0.29, 0.717) is 0 Å². The minimum absolute atomic E-state index is 0.276. The van der Waals surface area contributed by atoms with Gasteiger partial charge in [0.2, 0.25) is 0 Å². The van der Waals surface area contributed by atoms with Gasteiger partial charge >= 0.3 is 0 Å². The van der Waals surface area contributed by atoms with E-state index in [9.17, 15) is 0 Å². The van der Waals surface area contributed by atoms with Gasteiger partial charge in [0.1, 0.15) is 0 Å². The molecule has 0 aromatic rings. The van der Waals surface area contributed by atoms with E-state index in [-0.39, 0.29) is 6.04 Å². The Morgan fingerprint density at radius 1 is 1.43 bits per heavy atom. The van der Waals surface area contributed by atoms with Gasteiger partial charge in [0.05, 0.1) is 0 Å². The third kappa shape index (κ3) is 5.20. The largest absolute Gasteiger partial charge is 0.385 e. The summed E-state index contributed by atoms with van der Waals surface area (Å²) in [5, 5.41) is 0. The number of nitrogens with two attached hydrogens (primary N) is 1. The Kier molecular flexibility index (Phi) is 6.60. The lowest BCUT2D eigenvalue weighted by molar-refractivity contribution is 0.176. The molecule has 1 fully saturated rings. The summed E-state index contributed by atoms with van der Waals surface area (Å²) in [5.74, 6) is 2.57. The fraction of sp³-hybridized carbons (Fsp3) is 1.00. The molecular formula is C10H22N2OS. The first-order valence-electron chi connectivity index (χ1n) is 5.37. The summed E-state index contributed by atoms with van der Waals surface area (Å²) in [5.41, 5.74) is 6.01. The first-order chi connectivity index (χ1) is 6.83. The van der Waals surface area contributed by atoms with Gasteiger partial charge in [-0.3, -0.25) is 0 Å². The molecule has 0 radical (unpaired) electrons. The lowest BCUT2D eigenvalue weighted by atomic mass is 10.2. The van der Waals surface area contributed by atoms with Crippen LogP contribution < -0.4 is 5.73 Å². The van der Waals surface area contributed by atoms with Gasteiger partial charge in [0, 0.05) is 38.6 Å². The van der Waals surface area contributed by atoms with Crippen molar-refractivity contribution < 1.29 is 4.74 Å². The van der Waals surface area contributed by atoms with Crippen LogP contribution in [-0.4, -0.2) is 55.8 Å². The van der Waals surface area contributed by atoms with Crippen molar-refractivity contribution in [3.63, 3.8) is 0 Å². The Morgan fingerprint density at radius 3 is 3.07 bits per heavy atom. The minimum Gasteiger partial charge on any atom is -0.385 e. The van der Waals surface area contributed by atoms with Crippen molar-refractivity contribution in [1.82, 2.24) is 4.90 Å². The highest BCUT2D eigenvalue weighted by molar-refractivity contribution is 7.99. The lowest BCUT2D eigenvalue weighted by Gasteiger charge is -2.23. The summed E-state index contributed by atoms with van der Waals surface area (Å²) >= 11 is 2.06. The average Bonchev–Trinajstić information content (AvgIpc) is 2.43. The second-order valence-electron chi connectivity index (χ2n) is 3.81. The molecule has 0 aromatic carbocycles. The number of methoxy groups -OCH3 is 1. The molecule has 1 heterocycles. The second kappa shape index (κ2) is 7.51. The van der Waals surface area contributed by atoms with Crippen LogP contribution >= 0.6 is 11.8 Å². The van der Waals surface area contributed by atoms with E-state index < -0.39 is 0 Å². The van der Waals surface area contributed by atoms with Crippen molar-refractivity contribution in [3.05, 3.63) is 0 Å². The molecule has 0 spiro atoms. The number of nitrogens with zero attached hydrogens (tertiary/aromatic N) is 1. The van der Waals surface area contributed by atoms with Crippen LogP contribution in [0, 0.1) is 0 Å². The molecule has 1 rings (SSSR count). The smallest absolute Gasteiger partial charge is 0.0477 e. The molecule has 1 unspecified atom stereocenters. The van der Waals surface area contributed by atoms with Crippen molar-refractivity contribution >= 4 is 11.8 Å². The molecule has 1 aliphatic rings. The molecule has 0 saturated carbocycles. The molecule has 3 nitrogen and oxygen atoms in total. The van der Waals surface area contributed by atoms with Gasteiger partial charge in [-0.1, -0.05) is 0 Å². The summed E-state index contributed by atoms with van der Waals surface area (Å²) < 4.78 is 5.02. The molecule has 84 valence electrons. The van der Waals surface area contributed by atoms with Crippen LogP contribution in [0.5, 0.6) is 0 Å². The van der Waals surface area contributed by atoms with Crippen molar-refractivity contribution in [2.45, 2.75) is 18.9 Å². The molecule has 1 atom stereocenters. The monoisotopic (exact) mass is 218 g/mol. The highest BCUT2D eigenvalue weighted by Gasteiger charge is 2.12. The van der Waals surface area contributed by atoms with E-state index >= 15 is 0 Å². The zero-order chi connectivity index (χ0) is 10.2. The summed E-state index contributed by atoms with van der Waals surface area (Å²) in [6, 6.07) is 0.276. The highest BCUT2D eigenvalue weighted by Crippen LogP contribution is 2.10. The molecule has 14 heavy (non-hydrogen) atoms. The van der Waals surface area contributed by atoms with Gasteiger partial charge in [0.25, 0.3) is 0 Å². The maximum atomic E-state index is 6.01. The Labute approximate surface area is 91.4 Å². The Balaban J connectivity index is 2.13. The van der Waals surface area contributed by atoms with Crippen LogP contribution in [0.3, 0.4) is 0 Å². The molecule has 4 heteroatoms. The van der Waals surface area contributed by atoms with Crippen molar-refractivity contribution in [3.8, 4) is 0 Å². The number of rotatable bonds is 5. The van der Waals surface area contributed by atoms with E-state index in [1.54, 1.807) is 7.11 Å². The van der Waals surface area contributed by atoms with Crippen LogP contribution in [0.1, 0.15) is 12.8 Å². The fourth-order valence-electron chi connectivity index (χ4n) is 1.67. The Morgan fingerprint density at radius 2 is 2.29 bits per heavy atom. The van der Waals surface area contributed by atoms with Gasteiger partial charge in [-0.2, -0.15) is 11.8 Å². The van der Waals surface area contributed by atoms with Crippen molar-refractivity contribution in [1.29, 1.82) is 0 Å². The first kappa shape index (κ1) is 12.3. The molecule has 1 aliphatic heterocycles. The molecule has 0 amide bonds. The van der Waals surface area contributed by atoms with Crippen LogP contribution in [0.15, 0.2) is 0 Å². The van der Waals surface area contributed by atoms with Crippen LogP contribution in [0.2, 0.25) is 0 Å². The molecule has 2 N–H and O–H groups in total. The van der Waals surface area contributed by atoms with Gasteiger partial charge in [0.15, 0.2) is 0 Å². The summed E-state index contributed by atoms with van der Waals surface area (Å²) in [7, 11) is 1.73. The Bertz CT molecular complexity index is 138. The van der Waals surface area contributed by atoms with Gasteiger partial charge in [-0.25, -0.2) is 0 Å². The highest BCUT2D eigenvalue weighted by atomic mass is 32.2. The SMILES string of the molecule is COCCC(N)CN1CCCSCC1. The normalized spacial score (nSPS) is 21.9. The molecule has 1 saturated heterocycles. The van der Waals surface area contributed by atoms with Crippen LogP contribution in [-0.2, 0) is 4.74 Å². The minimum atomic E-state index is 0.276. The number of ether oxygens (including phenoxy) is 1. The molecule has 0 aromatic heterocycles. The van der Waals surface area contributed by atoms with Gasteiger partial charge in [-0.15, -0.1) is 0 Å². The maximum Gasteiger partial charge on any atom is 0.0477 e. The summed E-state index contributed by atoms with van der Waals surface area (Å²) in [6.45, 7) is 4.23. The van der Waals surface area contributed by atoms with Crippen molar-refractivity contribution in [2.75, 3.05) is 44.9 Å². The summed E-state index contributed by atoms with van der Waals surface area (Å²) in [4.78, 5) is 2.49. The van der Waals surface area contributed by atoms with Gasteiger partial charge < -0.3 is 15.4 Å². The predicted octanol–water partition coefficient (Wildman–Crippen LogP) is 0.789. The fourth-order valence-corrected chi connectivity index (χ4v) is 2.60.